The molecule has 3 rings (SSSR count). The molecule has 2 aromatic heterocycles. The summed E-state index contributed by atoms with van der Waals surface area (Å²) in [6.45, 7) is 4.22. The molecule has 2 heterocycles. The van der Waals surface area contributed by atoms with E-state index in [9.17, 15) is 14.9 Å². The number of rotatable bonds is 6. The topological polar surface area (TPSA) is 95.6 Å². The van der Waals surface area contributed by atoms with Crippen LogP contribution >= 0.6 is 11.3 Å². The summed E-state index contributed by atoms with van der Waals surface area (Å²) in [6, 6.07) is 5.81. The van der Waals surface area contributed by atoms with Crippen LogP contribution in [0.3, 0.4) is 0 Å². The number of furan rings is 1. The van der Waals surface area contributed by atoms with Crippen molar-refractivity contribution in [2.75, 3.05) is 19.0 Å². The van der Waals surface area contributed by atoms with E-state index >= 15 is 0 Å². The van der Waals surface area contributed by atoms with E-state index in [0.29, 0.717) is 22.9 Å². The molecular weight excluding hydrogens is 402 g/mol. The molecule has 0 radical (unpaired) electrons. The quantitative estimate of drug-likeness (QED) is 0.687. The summed E-state index contributed by atoms with van der Waals surface area (Å²) in [7, 11) is 1.72. The molecule has 158 valence electrons. The summed E-state index contributed by atoms with van der Waals surface area (Å²) in [6.07, 6.45) is 6.46. The Bertz CT molecular complexity index is 969. The van der Waals surface area contributed by atoms with Crippen molar-refractivity contribution in [2.24, 2.45) is 5.92 Å². The number of nitrogens with one attached hydrogen (secondary N) is 1. The highest BCUT2D eigenvalue weighted by atomic mass is 32.1. The number of nitriles is 1. The van der Waals surface area contributed by atoms with E-state index in [4.69, 9.17) is 9.15 Å². The van der Waals surface area contributed by atoms with Gasteiger partial charge in [0.05, 0.1) is 18.4 Å². The fourth-order valence-corrected chi connectivity index (χ4v) is 4.52. The Morgan fingerprint density at radius 3 is 2.97 bits per heavy atom. The second-order valence-corrected chi connectivity index (χ2v) is 8.65. The first kappa shape index (κ1) is 21.7. The molecule has 1 aliphatic carbocycles. The van der Waals surface area contributed by atoms with Crippen LogP contribution in [0.25, 0.3) is 6.08 Å². The Morgan fingerprint density at radius 2 is 2.30 bits per heavy atom. The second-order valence-electron chi connectivity index (χ2n) is 7.55. The van der Waals surface area contributed by atoms with Crippen LogP contribution in [0.5, 0.6) is 0 Å². The summed E-state index contributed by atoms with van der Waals surface area (Å²) in [5.74, 6) is 0.468. The van der Waals surface area contributed by atoms with Gasteiger partial charge in [0, 0.05) is 24.0 Å². The maximum Gasteiger partial charge on any atom is 0.409 e. The number of anilines is 1. The number of nitrogens with zero attached hydrogens (tertiary/aromatic N) is 2. The van der Waals surface area contributed by atoms with Crippen LogP contribution < -0.4 is 5.32 Å². The molecular formula is C22H25N3O4S. The lowest BCUT2D eigenvalue weighted by atomic mass is 9.88. The lowest BCUT2D eigenvalue weighted by molar-refractivity contribution is -0.111. The fourth-order valence-electron chi connectivity index (χ4n) is 3.20. The van der Waals surface area contributed by atoms with Crippen LogP contribution in [0.1, 0.15) is 42.0 Å². The zero-order chi connectivity index (χ0) is 21.7. The summed E-state index contributed by atoms with van der Waals surface area (Å²) < 4.78 is 10.6. The van der Waals surface area contributed by atoms with Gasteiger partial charge < -0.3 is 19.4 Å². The third-order valence-corrected chi connectivity index (χ3v) is 6.33. The predicted octanol–water partition coefficient (Wildman–Crippen LogP) is 4.45. The van der Waals surface area contributed by atoms with Gasteiger partial charge in [0.2, 0.25) is 5.91 Å². The van der Waals surface area contributed by atoms with Gasteiger partial charge in [-0.05, 0) is 62.8 Å². The number of ether oxygens (including phenoxy) is 1. The highest BCUT2D eigenvalue weighted by Gasteiger charge is 2.27. The van der Waals surface area contributed by atoms with Crippen molar-refractivity contribution in [3.63, 3.8) is 0 Å². The molecule has 1 N–H and O–H groups in total. The molecule has 0 spiro atoms. The summed E-state index contributed by atoms with van der Waals surface area (Å²) in [4.78, 5) is 26.9. The minimum atomic E-state index is -0.323. The third-order valence-electron chi connectivity index (χ3n) is 5.16. The highest BCUT2D eigenvalue weighted by molar-refractivity contribution is 7.16. The van der Waals surface area contributed by atoms with Gasteiger partial charge in [-0.25, -0.2) is 4.79 Å². The Labute approximate surface area is 179 Å². The van der Waals surface area contributed by atoms with Gasteiger partial charge in [-0.1, -0.05) is 0 Å². The van der Waals surface area contributed by atoms with E-state index in [0.717, 1.165) is 29.7 Å². The Balaban J connectivity index is 1.63. The highest BCUT2D eigenvalue weighted by Crippen LogP contribution is 2.39. The van der Waals surface area contributed by atoms with Gasteiger partial charge in [-0.2, -0.15) is 5.26 Å². The smallest absolute Gasteiger partial charge is 0.409 e. The third kappa shape index (κ3) is 5.10. The van der Waals surface area contributed by atoms with E-state index in [1.807, 2.05) is 13.8 Å². The van der Waals surface area contributed by atoms with Gasteiger partial charge in [-0.3, -0.25) is 4.79 Å². The molecule has 8 heteroatoms. The molecule has 2 aromatic rings. The van der Waals surface area contributed by atoms with Crippen molar-refractivity contribution in [3.05, 3.63) is 46.2 Å². The number of amides is 2. The van der Waals surface area contributed by atoms with Gasteiger partial charge in [-0.15, -0.1) is 11.3 Å². The maximum absolute atomic E-state index is 12.2. The molecule has 1 aliphatic rings. The van der Waals surface area contributed by atoms with E-state index in [2.05, 4.69) is 11.4 Å². The summed E-state index contributed by atoms with van der Waals surface area (Å²) in [5.41, 5.74) is 1.53. The Hall–Kier alpha value is -3.05. The first-order valence-electron chi connectivity index (χ1n) is 9.85. The zero-order valence-electron chi connectivity index (χ0n) is 17.3. The largest absolute Gasteiger partial charge is 0.465 e. The van der Waals surface area contributed by atoms with Crippen LogP contribution in [0.15, 0.2) is 28.9 Å². The molecule has 0 aliphatic heterocycles. The van der Waals surface area contributed by atoms with E-state index in [1.54, 1.807) is 30.2 Å². The van der Waals surface area contributed by atoms with Crippen molar-refractivity contribution < 1.29 is 18.7 Å². The van der Waals surface area contributed by atoms with Crippen molar-refractivity contribution >= 4 is 34.4 Å². The van der Waals surface area contributed by atoms with Gasteiger partial charge in [0.1, 0.15) is 16.8 Å². The van der Waals surface area contributed by atoms with Crippen molar-refractivity contribution in [1.29, 1.82) is 5.26 Å². The number of hydrogen-bond donors (Lipinski definition) is 1. The van der Waals surface area contributed by atoms with Crippen molar-refractivity contribution in [1.82, 2.24) is 4.90 Å². The van der Waals surface area contributed by atoms with Crippen molar-refractivity contribution in [3.8, 4) is 6.07 Å². The van der Waals surface area contributed by atoms with Gasteiger partial charge in [0.25, 0.3) is 0 Å². The first-order chi connectivity index (χ1) is 14.4. The minimum Gasteiger partial charge on any atom is -0.465 e. The van der Waals surface area contributed by atoms with Crippen LogP contribution in [0.2, 0.25) is 0 Å². The van der Waals surface area contributed by atoms with Gasteiger partial charge >= 0.3 is 6.09 Å². The monoisotopic (exact) mass is 427 g/mol. The van der Waals surface area contributed by atoms with Crippen LogP contribution in [-0.4, -0.2) is 36.6 Å². The van der Waals surface area contributed by atoms with Crippen LogP contribution in [0, 0.1) is 17.2 Å². The number of thiophene rings is 1. The van der Waals surface area contributed by atoms with Crippen LogP contribution in [0.4, 0.5) is 9.80 Å². The van der Waals surface area contributed by atoms with Gasteiger partial charge in [0.15, 0.2) is 0 Å². The average Bonchev–Trinajstić information content (AvgIpc) is 3.36. The molecule has 0 saturated heterocycles. The first-order valence-corrected chi connectivity index (χ1v) is 10.7. The molecule has 0 fully saturated rings. The molecule has 7 nitrogen and oxygen atoms in total. The number of fused-ring (bicyclic) bond motifs is 1. The predicted molar refractivity (Wildman–Crippen MR) is 115 cm³/mol. The Kier molecular flexibility index (Phi) is 6.95. The lowest BCUT2D eigenvalue weighted by Gasteiger charge is -2.25. The Morgan fingerprint density at radius 1 is 1.50 bits per heavy atom. The molecule has 30 heavy (non-hydrogen) atoms. The lowest BCUT2D eigenvalue weighted by Crippen LogP contribution is -2.35. The molecule has 0 saturated carbocycles. The minimum absolute atomic E-state index is 0.0824. The number of hydrogen-bond acceptors (Lipinski definition) is 6. The number of carbonyl (C=O) groups excluding carboxylic acids is 2. The fraction of sp³-hybridized carbons (Fsp3) is 0.409. The second kappa shape index (κ2) is 9.63. The standard InChI is InChI=1S/C22H25N3O4S/c1-14(2)25(3)22(27)29-13-15-6-8-17-18(12-23)21(30-19(17)11-15)24-20(26)9-7-16-5-4-10-28-16/h4-5,7,9-10,14-15H,6,8,11,13H2,1-3H3,(H,24,26). The molecule has 1 unspecified atom stereocenters. The van der Waals surface area contributed by atoms with E-state index in [-0.39, 0.29) is 24.0 Å². The summed E-state index contributed by atoms with van der Waals surface area (Å²) >= 11 is 1.42. The molecule has 1 atom stereocenters. The van der Waals surface area contributed by atoms with Crippen molar-refractivity contribution in [2.45, 2.75) is 39.2 Å². The number of carbonyl (C=O) groups is 2. The van der Waals surface area contributed by atoms with Crippen LogP contribution in [-0.2, 0) is 22.4 Å². The summed E-state index contributed by atoms with van der Waals surface area (Å²) in [5, 5.41) is 13.0. The zero-order valence-corrected chi connectivity index (χ0v) is 18.1. The maximum atomic E-state index is 12.2. The normalized spacial score (nSPS) is 15.6. The van der Waals surface area contributed by atoms with E-state index < -0.39 is 0 Å². The molecule has 2 amide bonds. The molecule has 0 bridgehead atoms. The van der Waals surface area contributed by atoms with E-state index in [1.165, 1.54) is 23.7 Å². The SMILES string of the molecule is CC(C)N(C)C(=O)OCC1CCc2c(sc(NC(=O)C=Cc3ccco3)c2C#N)C1. The molecule has 0 aromatic carbocycles. The average molecular weight is 428 g/mol.